The molecule has 0 aliphatic rings. The van der Waals surface area contributed by atoms with Crippen LogP contribution in [-0.4, -0.2) is 23.2 Å². The first kappa shape index (κ1) is 17.0. The Bertz CT molecular complexity index is 852. The lowest BCUT2D eigenvalue weighted by Gasteiger charge is -2.05. The van der Waals surface area contributed by atoms with Gasteiger partial charge in [0.25, 0.3) is 0 Å². The molecular weight excluding hydrogens is 312 g/mol. The van der Waals surface area contributed by atoms with E-state index < -0.39 is 0 Å². The van der Waals surface area contributed by atoms with Crippen molar-refractivity contribution >= 4 is 22.6 Å². The number of amides is 1. The fraction of sp³-hybridized carbons (Fsp3) is 0.238. The first-order valence-electron chi connectivity index (χ1n) is 8.64. The van der Waals surface area contributed by atoms with Gasteiger partial charge in [0.05, 0.1) is 0 Å². The molecule has 0 bridgehead atoms. The average Bonchev–Trinajstić information content (AvgIpc) is 3.06. The molecule has 0 saturated heterocycles. The number of aromatic amines is 1. The second-order valence-corrected chi connectivity index (χ2v) is 6.10. The molecule has 1 heterocycles. The highest BCUT2D eigenvalue weighted by Gasteiger charge is 2.08. The number of fused-ring (bicyclic) bond motifs is 1. The molecule has 0 fully saturated rings. The van der Waals surface area contributed by atoms with E-state index in [1.54, 1.807) is 0 Å². The zero-order chi connectivity index (χ0) is 17.5. The maximum atomic E-state index is 12.0. The van der Waals surface area contributed by atoms with E-state index in [-0.39, 0.29) is 11.7 Å². The monoisotopic (exact) mass is 334 g/mol. The van der Waals surface area contributed by atoms with Crippen LogP contribution >= 0.6 is 0 Å². The van der Waals surface area contributed by atoms with Crippen LogP contribution in [0.25, 0.3) is 10.9 Å². The Morgan fingerprint density at radius 2 is 1.68 bits per heavy atom. The number of para-hydroxylation sites is 1. The minimum atomic E-state index is 0.000651. The summed E-state index contributed by atoms with van der Waals surface area (Å²) in [5.41, 5.74) is 3.03. The van der Waals surface area contributed by atoms with Crippen LogP contribution in [0, 0.1) is 0 Å². The normalized spacial score (nSPS) is 10.7. The van der Waals surface area contributed by atoms with E-state index in [0.29, 0.717) is 31.4 Å². The van der Waals surface area contributed by atoms with E-state index in [1.807, 2.05) is 54.7 Å². The van der Waals surface area contributed by atoms with Crippen LogP contribution in [0.2, 0.25) is 0 Å². The molecule has 0 radical (unpaired) electrons. The third-order valence-corrected chi connectivity index (χ3v) is 4.29. The Labute approximate surface area is 147 Å². The van der Waals surface area contributed by atoms with Crippen LogP contribution in [-0.2, 0) is 11.2 Å². The fourth-order valence-electron chi connectivity index (χ4n) is 2.94. The van der Waals surface area contributed by atoms with E-state index in [2.05, 4.69) is 16.4 Å². The molecule has 0 saturated carbocycles. The van der Waals surface area contributed by atoms with Gasteiger partial charge in [0.2, 0.25) is 5.91 Å². The summed E-state index contributed by atoms with van der Waals surface area (Å²) in [6, 6.07) is 17.4. The molecule has 1 aromatic heterocycles. The quantitative estimate of drug-likeness (QED) is 0.614. The second kappa shape index (κ2) is 8.29. The smallest absolute Gasteiger partial charge is 0.220 e. The molecule has 0 aliphatic carbocycles. The maximum absolute atomic E-state index is 12.0. The summed E-state index contributed by atoms with van der Waals surface area (Å²) in [5, 5.41) is 4.13. The van der Waals surface area contributed by atoms with Crippen molar-refractivity contribution in [1.82, 2.24) is 10.3 Å². The van der Waals surface area contributed by atoms with Crippen molar-refractivity contribution in [2.24, 2.45) is 0 Å². The summed E-state index contributed by atoms with van der Waals surface area (Å²) in [5.74, 6) is 0.0906. The maximum Gasteiger partial charge on any atom is 0.220 e. The summed E-state index contributed by atoms with van der Waals surface area (Å²) in [6.45, 7) is 0.604. The number of carbonyl (C=O) groups is 2. The van der Waals surface area contributed by atoms with E-state index >= 15 is 0 Å². The molecule has 128 valence electrons. The summed E-state index contributed by atoms with van der Waals surface area (Å²) in [4.78, 5) is 27.1. The van der Waals surface area contributed by atoms with Gasteiger partial charge in [-0.25, -0.2) is 0 Å². The molecule has 2 N–H and O–H groups in total. The third kappa shape index (κ3) is 4.57. The van der Waals surface area contributed by atoms with Crippen LogP contribution in [0.15, 0.2) is 60.8 Å². The van der Waals surface area contributed by atoms with Crippen LogP contribution in [0.1, 0.15) is 35.2 Å². The Morgan fingerprint density at radius 1 is 0.920 bits per heavy atom. The predicted octanol–water partition coefficient (Wildman–Crippen LogP) is 3.88. The number of aromatic nitrogens is 1. The standard InChI is InChI=1S/C21H22N2O2/c24-20(16-7-2-1-3-8-16)11-6-12-21(25)22-14-13-17-15-23-19-10-5-4-9-18(17)19/h1-5,7-10,15,23H,6,11-14H2,(H,22,25). The number of carbonyl (C=O) groups excluding carboxylic acids is 2. The summed E-state index contributed by atoms with van der Waals surface area (Å²) < 4.78 is 0. The van der Waals surface area contributed by atoms with Crippen LogP contribution in [0.4, 0.5) is 0 Å². The molecule has 0 atom stereocenters. The number of hydrogen-bond donors (Lipinski definition) is 2. The molecule has 25 heavy (non-hydrogen) atoms. The number of Topliss-reactive ketones (excluding diaryl/α,β-unsaturated/α-hetero) is 1. The minimum Gasteiger partial charge on any atom is -0.361 e. The topological polar surface area (TPSA) is 62.0 Å². The van der Waals surface area contributed by atoms with Crippen molar-refractivity contribution in [2.45, 2.75) is 25.7 Å². The third-order valence-electron chi connectivity index (χ3n) is 4.29. The molecular formula is C21H22N2O2. The molecule has 1 amide bonds. The average molecular weight is 334 g/mol. The zero-order valence-corrected chi connectivity index (χ0v) is 14.1. The van der Waals surface area contributed by atoms with Crippen LogP contribution in [0.3, 0.4) is 0 Å². The van der Waals surface area contributed by atoms with Crippen LogP contribution < -0.4 is 5.32 Å². The van der Waals surface area contributed by atoms with Gasteiger partial charge in [-0.3, -0.25) is 9.59 Å². The summed E-state index contributed by atoms with van der Waals surface area (Å²) in [6.07, 6.45) is 4.15. The Morgan fingerprint density at radius 3 is 2.52 bits per heavy atom. The number of ketones is 1. The summed E-state index contributed by atoms with van der Waals surface area (Å²) in [7, 11) is 0. The Balaban J connectivity index is 1.38. The van der Waals surface area contributed by atoms with E-state index in [1.165, 1.54) is 10.9 Å². The lowest BCUT2D eigenvalue weighted by molar-refractivity contribution is -0.121. The van der Waals surface area contributed by atoms with E-state index in [9.17, 15) is 9.59 Å². The van der Waals surface area contributed by atoms with Gasteiger partial charge in [0, 0.05) is 42.0 Å². The highest BCUT2D eigenvalue weighted by atomic mass is 16.1. The van der Waals surface area contributed by atoms with Crippen molar-refractivity contribution < 1.29 is 9.59 Å². The molecule has 0 unspecified atom stereocenters. The van der Waals surface area contributed by atoms with Crippen molar-refractivity contribution in [3.8, 4) is 0 Å². The molecule has 4 nitrogen and oxygen atoms in total. The van der Waals surface area contributed by atoms with Gasteiger partial charge in [-0.1, -0.05) is 48.5 Å². The molecule has 0 aliphatic heterocycles. The molecule has 0 spiro atoms. The highest BCUT2D eigenvalue weighted by molar-refractivity contribution is 5.96. The molecule has 3 aromatic rings. The number of H-pyrrole nitrogens is 1. The largest absolute Gasteiger partial charge is 0.361 e. The van der Waals surface area contributed by atoms with Gasteiger partial charge in [0.15, 0.2) is 5.78 Å². The van der Waals surface area contributed by atoms with Gasteiger partial charge in [0.1, 0.15) is 0 Å². The van der Waals surface area contributed by atoms with Crippen LogP contribution in [0.5, 0.6) is 0 Å². The van der Waals surface area contributed by atoms with Gasteiger partial charge >= 0.3 is 0 Å². The highest BCUT2D eigenvalue weighted by Crippen LogP contribution is 2.17. The number of rotatable bonds is 8. The van der Waals surface area contributed by atoms with Crippen molar-refractivity contribution in [3.63, 3.8) is 0 Å². The lowest BCUT2D eigenvalue weighted by atomic mass is 10.1. The number of nitrogens with one attached hydrogen (secondary N) is 2. The number of hydrogen-bond acceptors (Lipinski definition) is 2. The van der Waals surface area contributed by atoms with Gasteiger partial charge in [-0.15, -0.1) is 0 Å². The van der Waals surface area contributed by atoms with Gasteiger partial charge in [-0.2, -0.15) is 0 Å². The van der Waals surface area contributed by atoms with Crippen molar-refractivity contribution in [1.29, 1.82) is 0 Å². The molecule has 2 aromatic carbocycles. The fourth-order valence-corrected chi connectivity index (χ4v) is 2.94. The summed E-state index contributed by atoms with van der Waals surface area (Å²) >= 11 is 0. The first-order chi connectivity index (χ1) is 12.2. The van der Waals surface area contributed by atoms with Crippen molar-refractivity contribution in [2.75, 3.05) is 6.54 Å². The Hall–Kier alpha value is -2.88. The lowest BCUT2D eigenvalue weighted by Crippen LogP contribution is -2.25. The van der Waals surface area contributed by atoms with Gasteiger partial charge < -0.3 is 10.3 Å². The minimum absolute atomic E-state index is 0.000651. The molecule has 4 heteroatoms. The zero-order valence-electron chi connectivity index (χ0n) is 14.1. The van der Waals surface area contributed by atoms with Crippen molar-refractivity contribution in [3.05, 3.63) is 71.9 Å². The number of benzene rings is 2. The van der Waals surface area contributed by atoms with E-state index in [4.69, 9.17) is 0 Å². The first-order valence-corrected chi connectivity index (χ1v) is 8.64. The predicted molar refractivity (Wildman–Crippen MR) is 99.6 cm³/mol. The van der Waals surface area contributed by atoms with Gasteiger partial charge in [-0.05, 0) is 24.5 Å². The Kier molecular flexibility index (Phi) is 5.62. The second-order valence-electron chi connectivity index (χ2n) is 6.10. The molecule has 3 rings (SSSR count). The SMILES string of the molecule is O=C(CCCC(=O)c1ccccc1)NCCc1c[nH]c2ccccc12. The van der Waals surface area contributed by atoms with E-state index in [0.717, 1.165) is 11.9 Å².